The van der Waals surface area contributed by atoms with Crippen LogP contribution in [-0.2, 0) is 0 Å². The number of hydrogen-bond acceptors (Lipinski definition) is 1. The maximum Gasteiger partial charge on any atom is 0.0630 e. The molecule has 3 rings (SSSR count). The Morgan fingerprint density at radius 3 is 2.41 bits per heavy atom. The summed E-state index contributed by atoms with van der Waals surface area (Å²) in [4.78, 5) is 4.50. The van der Waals surface area contributed by atoms with Gasteiger partial charge in [-0.2, -0.15) is 0 Å². The molecule has 0 heterocycles. The van der Waals surface area contributed by atoms with Crippen LogP contribution in [0, 0.1) is 0 Å². The van der Waals surface area contributed by atoms with Crippen LogP contribution in [0.2, 0.25) is 5.02 Å². The van der Waals surface area contributed by atoms with E-state index in [1.807, 2.05) is 36.5 Å². The van der Waals surface area contributed by atoms with E-state index in [4.69, 9.17) is 11.6 Å². The van der Waals surface area contributed by atoms with E-state index < -0.39 is 0 Å². The normalized spacial score (nSPS) is 16.3. The summed E-state index contributed by atoms with van der Waals surface area (Å²) < 4.78 is 1.06. The lowest BCUT2D eigenvalue weighted by atomic mass is 9.84. The molecule has 1 saturated carbocycles. The van der Waals surface area contributed by atoms with Crippen LogP contribution < -0.4 is 0 Å². The van der Waals surface area contributed by atoms with Gasteiger partial charge in [-0.3, -0.25) is 4.99 Å². The summed E-state index contributed by atoms with van der Waals surface area (Å²) in [6.07, 6.45) is 8.44. The molecule has 1 nitrogen and oxygen atoms in total. The van der Waals surface area contributed by atoms with Crippen LogP contribution >= 0.6 is 27.5 Å². The highest BCUT2D eigenvalue weighted by molar-refractivity contribution is 9.10. The second-order valence-electron chi connectivity index (χ2n) is 5.85. The lowest BCUT2D eigenvalue weighted by Gasteiger charge is -2.23. The van der Waals surface area contributed by atoms with Gasteiger partial charge in [0.25, 0.3) is 0 Å². The van der Waals surface area contributed by atoms with E-state index in [2.05, 4.69) is 33.1 Å². The number of rotatable bonds is 3. The van der Waals surface area contributed by atoms with E-state index in [1.54, 1.807) is 0 Å². The monoisotopic (exact) mass is 375 g/mol. The van der Waals surface area contributed by atoms with Crippen molar-refractivity contribution >= 4 is 39.4 Å². The van der Waals surface area contributed by atoms with Gasteiger partial charge in [-0.05, 0) is 60.2 Å². The fraction of sp³-hybridized carbons (Fsp3) is 0.316. The van der Waals surface area contributed by atoms with Crippen LogP contribution in [0.15, 0.2) is 51.9 Å². The molecule has 0 bridgehead atoms. The van der Waals surface area contributed by atoms with Crippen LogP contribution in [0.4, 0.5) is 5.69 Å². The van der Waals surface area contributed by atoms with Crippen molar-refractivity contribution in [2.45, 2.75) is 38.0 Å². The Balaban J connectivity index is 1.75. The van der Waals surface area contributed by atoms with Crippen LogP contribution in [0.25, 0.3) is 0 Å². The Labute approximate surface area is 145 Å². The minimum atomic E-state index is 0.638. The van der Waals surface area contributed by atoms with E-state index in [-0.39, 0.29) is 0 Å². The number of halogens is 2. The van der Waals surface area contributed by atoms with Crippen molar-refractivity contribution in [3.63, 3.8) is 0 Å². The quantitative estimate of drug-likeness (QED) is 0.516. The molecule has 2 aromatic rings. The van der Waals surface area contributed by atoms with Crippen molar-refractivity contribution in [1.82, 2.24) is 0 Å². The van der Waals surface area contributed by atoms with Crippen LogP contribution in [0.1, 0.15) is 49.1 Å². The molecule has 0 spiro atoms. The third-order valence-corrected chi connectivity index (χ3v) is 5.11. The van der Waals surface area contributed by atoms with Crippen molar-refractivity contribution in [3.05, 3.63) is 63.1 Å². The summed E-state index contributed by atoms with van der Waals surface area (Å²) in [6.45, 7) is 0. The van der Waals surface area contributed by atoms with Gasteiger partial charge in [0.15, 0.2) is 0 Å². The number of nitrogens with zero attached hydrogens (tertiary/aromatic N) is 1. The first-order valence-electron chi connectivity index (χ1n) is 7.81. The number of hydrogen-bond donors (Lipinski definition) is 0. The molecule has 1 fully saturated rings. The molecule has 2 aromatic carbocycles. The molecule has 0 N–H and O–H groups in total. The Morgan fingerprint density at radius 1 is 1.00 bits per heavy atom. The summed E-state index contributed by atoms with van der Waals surface area (Å²) in [6, 6.07) is 14.3. The zero-order valence-electron chi connectivity index (χ0n) is 12.4. The lowest BCUT2D eigenvalue weighted by Crippen LogP contribution is -2.05. The fourth-order valence-corrected chi connectivity index (χ4v) is 3.65. The van der Waals surface area contributed by atoms with Crippen molar-refractivity contribution in [2.24, 2.45) is 4.99 Å². The molecule has 0 atom stereocenters. The smallest absolute Gasteiger partial charge is 0.0630 e. The van der Waals surface area contributed by atoms with Crippen molar-refractivity contribution in [1.29, 1.82) is 0 Å². The summed E-state index contributed by atoms with van der Waals surface area (Å²) in [7, 11) is 0. The summed E-state index contributed by atoms with van der Waals surface area (Å²) in [5.41, 5.74) is 3.30. The molecule has 0 saturated heterocycles. The molecule has 22 heavy (non-hydrogen) atoms. The first-order chi connectivity index (χ1) is 10.7. The standard InChI is InChI=1S/C19H19BrClN/c20-16-7-9-17(10-8-16)22-13-14-6-11-18(19(21)12-14)15-4-2-1-3-5-15/h6-13,15H,1-5H2. The van der Waals surface area contributed by atoms with Gasteiger partial charge in [0, 0.05) is 15.7 Å². The zero-order chi connectivity index (χ0) is 15.4. The Hall–Kier alpha value is -1.12. The summed E-state index contributed by atoms with van der Waals surface area (Å²) in [5.74, 6) is 0.638. The predicted molar refractivity (Wildman–Crippen MR) is 98.7 cm³/mol. The van der Waals surface area contributed by atoms with E-state index in [1.165, 1.54) is 37.7 Å². The Morgan fingerprint density at radius 2 is 1.73 bits per heavy atom. The van der Waals surface area contributed by atoms with Crippen LogP contribution in [-0.4, -0.2) is 6.21 Å². The number of benzene rings is 2. The SMILES string of the molecule is Clc1cc(C=Nc2ccc(Br)cc2)ccc1C1CCCCC1. The average Bonchev–Trinajstić information content (AvgIpc) is 2.55. The maximum absolute atomic E-state index is 6.50. The second-order valence-corrected chi connectivity index (χ2v) is 7.17. The van der Waals surface area contributed by atoms with Gasteiger partial charge in [0.1, 0.15) is 0 Å². The highest BCUT2D eigenvalue weighted by Crippen LogP contribution is 2.36. The third-order valence-electron chi connectivity index (χ3n) is 4.26. The highest BCUT2D eigenvalue weighted by Gasteiger charge is 2.17. The van der Waals surface area contributed by atoms with Gasteiger partial charge >= 0.3 is 0 Å². The molecule has 1 aliphatic carbocycles. The minimum Gasteiger partial charge on any atom is -0.256 e. The minimum absolute atomic E-state index is 0.638. The third kappa shape index (κ3) is 3.99. The van der Waals surface area contributed by atoms with E-state index in [0.29, 0.717) is 5.92 Å². The van der Waals surface area contributed by atoms with Crippen LogP contribution in [0.3, 0.4) is 0 Å². The topological polar surface area (TPSA) is 12.4 Å². The van der Waals surface area contributed by atoms with Crippen molar-refractivity contribution in [3.8, 4) is 0 Å². The van der Waals surface area contributed by atoms with Crippen molar-refractivity contribution in [2.75, 3.05) is 0 Å². The molecule has 0 amide bonds. The largest absolute Gasteiger partial charge is 0.256 e. The lowest BCUT2D eigenvalue weighted by molar-refractivity contribution is 0.444. The molecule has 0 unspecified atom stereocenters. The molecule has 0 aliphatic heterocycles. The predicted octanol–water partition coefficient (Wildman–Crippen LogP) is 6.90. The molecule has 0 radical (unpaired) electrons. The van der Waals surface area contributed by atoms with E-state index >= 15 is 0 Å². The molecular formula is C19H19BrClN. The maximum atomic E-state index is 6.50. The molecular weight excluding hydrogens is 358 g/mol. The highest BCUT2D eigenvalue weighted by atomic mass is 79.9. The molecule has 1 aliphatic rings. The van der Waals surface area contributed by atoms with Gasteiger partial charge in [-0.15, -0.1) is 0 Å². The Bertz CT molecular complexity index is 658. The van der Waals surface area contributed by atoms with Crippen LogP contribution in [0.5, 0.6) is 0 Å². The van der Waals surface area contributed by atoms with E-state index in [0.717, 1.165) is 20.7 Å². The second kappa shape index (κ2) is 7.43. The van der Waals surface area contributed by atoms with Gasteiger partial charge in [-0.25, -0.2) is 0 Å². The summed E-state index contributed by atoms with van der Waals surface area (Å²) in [5, 5.41) is 0.881. The Kier molecular flexibility index (Phi) is 5.32. The molecule has 0 aromatic heterocycles. The zero-order valence-corrected chi connectivity index (χ0v) is 14.8. The van der Waals surface area contributed by atoms with Crippen molar-refractivity contribution < 1.29 is 0 Å². The van der Waals surface area contributed by atoms with Gasteiger partial charge in [-0.1, -0.05) is 58.9 Å². The molecule has 114 valence electrons. The first-order valence-corrected chi connectivity index (χ1v) is 8.98. The fourth-order valence-electron chi connectivity index (χ4n) is 3.04. The first kappa shape index (κ1) is 15.8. The van der Waals surface area contributed by atoms with Gasteiger partial charge < -0.3 is 0 Å². The molecule has 3 heteroatoms. The van der Waals surface area contributed by atoms with Gasteiger partial charge in [0.2, 0.25) is 0 Å². The average molecular weight is 377 g/mol. The van der Waals surface area contributed by atoms with E-state index in [9.17, 15) is 0 Å². The number of aliphatic imine (C=N–C) groups is 1. The van der Waals surface area contributed by atoms with Gasteiger partial charge in [0.05, 0.1) is 5.69 Å². The summed E-state index contributed by atoms with van der Waals surface area (Å²) >= 11 is 9.92.